The summed E-state index contributed by atoms with van der Waals surface area (Å²) in [6, 6.07) is 5.38. The van der Waals surface area contributed by atoms with E-state index in [1.807, 2.05) is 13.1 Å². The molecule has 1 fully saturated rings. The van der Waals surface area contributed by atoms with Gasteiger partial charge in [0, 0.05) is 19.6 Å². The van der Waals surface area contributed by atoms with Gasteiger partial charge in [0.1, 0.15) is 5.82 Å². The lowest BCUT2D eigenvalue weighted by Crippen LogP contribution is -2.27. The Balaban J connectivity index is 2.27. The zero-order chi connectivity index (χ0) is 12.1. The van der Waals surface area contributed by atoms with Gasteiger partial charge in [-0.25, -0.2) is 4.39 Å². The number of hydrogen-bond acceptors (Lipinski definition) is 2. The molecule has 0 aliphatic carbocycles. The molecule has 1 saturated heterocycles. The first-order valence-electron chi connectivity index (χ1n) is 6.50. The van der Waals surface area contributed by atoms with Gasteiger partial charge >= 0.3 is 0 Å². The average Bonchev–Trinajstić information content (AvgIpc) is 2.58. The lowest BCUT2D eigenvalue weighted by Gasteiger charge is -2.26. The van der Waals surface area contributed by atoms with Crippen LogP contribution in [-0.2, 0) is 6.54 Å². The van der Waals surface area contributed by atoms with Gasteiger partial charge in [0.05, 0.1) is 5.69 Å². The first-order valence-corrected chi connectivity index (χ1v) is 6.50. The molecule has 1 aliphatic heterocycles. The van der Waals surface area contributed by atoms with Crippen LogP contribution in [0.2, 0.25) is 0 Å². The highest BCUT2D eigenvalue weighted by Crippen LogP contribution is 2.27. The van der Waals surface area contributed by atoms with Crippen LogP contribution in [0.15, 0.2) is 18.2 Å². The molecule has 0 unspecified atom stereocenters. The van der Waals surface area contributed by atoms with Crippen LogP contribution in [0.4, 0.5) is 10.1 Å². The molecule has 3 heteroatoms. The number of benzene rings is 1. The van der Waals surface area contributed by atoms with Crippen molar-refractivity contribution in [3.05, 3.63) is 29.6 Å². The van der Waals surface area contributed by atoms with E-state index < -0.39 is 0 Å². The predicted molar refractivity (Wildman–Crippen MR) is 69.8 cm³/mol. The fourth-order valence-electron chi connectivity index (χ4n) is 2.54. The van der Waals surface area contributed by atoms with E-state index in [0.29, 0.717) is 0 Å². The Kier molecular flexibility index (Phi) is 4.37. The van der Waals surface area contributed by atoms with Crippen molar-refractivity contribution in [3.63, 3.8) is 0 Å². The Morgan fingerprint density at radius 2 is 1.88 bits per heavy atom. The molecule has 0 atom stereocenters. The van der Waals surface area contributed by atoms with Gasteiger partial charge in [-0.1, -0.05) is 25.0 Å². The van der Waals surface area contributed by atoms with Gasteiger partial charge in [0.15, 0.2) is 0 Å². The maximum atomic E-state index is 14.0. The van der Waals surface area contributed by atoms with Crippen LogP contribution in [0.3, 0.4) is 0 Å². The smallest absolute Gasteiger partial charge is 0.146 e. The molecule has 1 aromatic carbocycles. The van der Waals surface area contributed by atoms with E-state index in [-0.39, 0.29) is 5.82 Å². The van der Waals surface area contributed by atoms with Crippen molar-refractivity contribution < 1.29 is 4.39 Å². The zero-order valence-corrected chi connectivity index (χ0v) is 10.5. The van der Waals surface area contributed by atoms with Gasteiger partial charge in [-0.15, -0.1) is 0 Å². The van der Waals surface area contributed by atoms with Crippen LogP contribution in [0.5, 0.6) is 0 Å². The summed E-state index contributed by atoms with van der Waals surface area (Å²) in [6.07, 6.45) is 4.89. The Labute approximate surface area is 103 Å². The Hall–Kier alpha value is -1.09. The average molecular weight is 236 g/mol. The van der Waals surface area contributed by atoms with E-state index in [9.17, 15) is 4.39 Å². The molecule has 1 N–H and O–H groups in total. The predicted octanol–water partition coefficient (Wildman–Crippen LogP) is 2.93. The molecule has 0 radical (unpaired) electrons. The second-order valence-electron chi connectivity index (χ2n) is 4.68. The minimum Gasteiger partial charge on any atom is -0.369 e. The molecule has 0 bridgehead atoms. The van der Waals surface area contributed by atoms with Crippen LogP contribution in [-0.4, -0.2) is 20.1 Å². The van der Waals surface area contributed by atoms with Crippen molar-refractivity contribution in [1.29, 1.82) is 0 Å². The van der Waals surface area contributed by atoms with Crippen LogP contribution in [0, 0.1) is 5.82 Å². The summed E-state index contributed by atoms with van der Waals surface area (Å²) < 4.78 is 14.0. The zero-order valence-electron chi connectivity index (χ0n) is 10.5. The SMILES string of the molecule is CNCc1cccc(F)c1N1CCCCCC1. The maximum Gasteiger partial charge on any atom is 0.146 e. The summed E-state index contributed by atoms with van der Waals surface area (Å²) >= 11 is 0. The fourth-order valence-corrected chi connectivity index (χ4v) is 2.54. The number of anilines is 1. The molecule has 17 heavy (non-hydrogen) atoms. The van der Waals surface area contributed by atoms with Crippen LogP contribution < -0.4 is 10.2 Å². The van der Waals surface area contributed by atoms with E-state index >= 15 is 0 Å². The van der Waals surface area contributed by atoms with Crippen LogP contribution in [0.25, 0.3) is 0 Å². The summed E-state index contributed by atoms with van der Waals surface area (Å²) in [5.74, 6) is -0.0837. The van der Waals surface area contributed by atoms with Gasteiger partial charge in [0.25, 0.3) is 0 Å². The second-order valence-corrected chi connectivity index (χ2v) is 4.68. The number of hydrogen-bond donors (Lipinski definition) is 1. The number of nitrogens with one attached hydrogen (secondary N) is 1. The second kappa shape index (κ2) is 6.01. The quantitative estimate of drug-likeness (QED) is 0.868. The third kappa shape index (κ3) is 2.97. The molecule has 1 heterocycles. The summed E-state index contributed by atoms with van der Waals surface area (Å²) in [7, 11) is 1.90. The minimum atomic E-state index is -0.0837. The highest BCUT2D eigenvalue weighted by atomic mass is 19.1. The number of para-hydroxylation sites is 1. The largest absolute Gasteiger partial charge is 0.369 e. The third-order valence-corrected chi connectivity index (χ3v) is 3.36. The number of halogens is 1. The molecule has 0 spiro atoms. The molecular formula is C14H21FN2. The highest BCUT2D eigenvalue weighted by molar-refractivity contribution is 5.55. The molecular weight excluding hydrogens is 215 g/mol. The molecule has 2 rings (SSSR count). The van der Waals surface area contributed by atoms with Crippen LogP contribution in [0.1, 0.15) is 31.2 Å². The van der Waals surface area contributed by atoms with Crippen LogP contribution >= 0.6 is 0 Å². The Morgan fingerprint density at radius 3 is 2.53 bits per heavy atom. The molecule has 1 aromatic rings. The summed E-state index contributed by atoms with van der Waals surface area (Å²) in [5, 5.41) is 3.11. The number of nitrogens with zero attached hydrogens (tertiary/aromatic N) is 1. The molecule has 0 aromatic heterocycles. The van der Waals surface area contributed by atoms with Gasteiger partial charge in [-0.3, -0.25) is 0 Å². The lowest BCUT2D eigenvalue weighted by atomic mass is 10.1. The van der Waals surface area contributed by atoms with Crippen molar-refractivity contribution in [3.8, 4) is 0 Å². The normalized spacial score (nSPS) is 16.9. The minimum absolute atomic E-state index is 0.0837. The van der Waals surface area contributed by atoms with Crippen molar-refractivity contribution in [2.45, 2.75) is 32.2 Å². The first-order chi connectivity index (χ1) is 8.33. The third-order valence-electron chi connectivity index (χ3n) is 3.36. The van der Waals surface area contributed by atoms with Crippen molar-refractivity contribution in [2.75, 3.05) is 25.0 Å². The lowest BCUT2D eigenvalue weighted by molar-refractivity contribution is 0.611. The van der Waals surface area contributed by atoms with E-state index in [1.165, 1.54) is 25.7 Å². The summed E-state index contributed by atoms with van der Waals surface area (Å²) in [4.78, 5) is 2.22. The first kappa shape index (κ1) is 12.4. The fraction of sp³-hybridized carbons (Fsp3) is 0.571. The van der Waals surface area contributed by atoms with E-state index in [0.717, 1.165) is 30.9 Å². The van der Waals surface area contributed by atoms with Crippen molar-refractivity contribution in [2.24, 2.45) is 0 Å². The van der Waals surface area contributed by atoms with Gasteiger partial charge in [0.2, 0.25) is 0 Å². The topological polar surface area (TPSA) is 15.3 Å². The molecule has 2 nitrogen and oxygen atoms in total. The highest BCUT2D eigenvalue weighted by Gasteiger charge is 2.16. The Bertz CT molecular complexity index is 357. The monoisotopic (exact) mass is 236 g/mol. The summed E-state index contributed by atoms with van der Waals surface area (Å²) in [6.45, 7) is 2.69. The summed E-state index contributed by atoms with van der Waals surface area (Å²) in [5.41, 5.74) is 1.87. The molecule has 0 amide bonds. The van der Waals surface area contributed by atoms with E-state index in [2.05, 4.69) is 10.2 Å². The number of rotatable bonds is 3. The van der Waals surface area contributed by atoms with Gasteiger partial charge in [-0.05, 0) is 31.5 Å². The molecule has 1 aliphatic rings. The standard InChI is InChI=1S/C14H21FN2/c1-16-11-12-7-6-8-13(15)14(12)17-9-4-2-3-5-10-17/h6-8,16H,2-5,9-11H2,1H3. The Morgan fingerprint density at radius 1 is 1.18 bits per heavy atom. The maximum absolute atomic E-state index is 14.0. The van der Waals surface area contributed by atoms with E-state index in [4.69, 9.17) is 0 Å². The van der Waals surface area contributed by atoms with E-state index in [1.54, 1.807) is 12.1 Å². The molecule has 94 valence electrons. The van der Waals surface area contributed by atoms with Crippen molar-refractivity contribution in [1.82, 2.24) is 5.32 Å². The van der Waals surface area contributed by atoms with Gasteiger partial charge < -0.3 is 10.2 Å². The molecule has 0 saturated carbocycles. The van der Waals surface area contributed by atoms with Gasteiger partial charge in [-0.2, -0.15) is 0 Å². The van der Waals surface area contributed by atoms with Crippen molar-refractivity contribution >= 4 is 5.69 Å².